The van der Waals surface area contributed by atoms with Crippen molar-refractivity contribution >= 4 is 28.9 Å². The van der Waals surface area contributed by atoms with Crippen LogP contribution in [0.3, 0.4) is 0 Å². The van der Waals surface area contributed by atoms with E-state index in [0.29, 0.717) is 0 Å². The first-order valence-corrected chi connectivity index (χ1v) is 8.06. The maximum Gasteiger partial charge on any atom is 0.271 e. The third kappa shape index (κ3) is 3.72. The predicted octanol–water partition coefficient (Wildman–Crippen LogP) is 0.308. The highest BCUT2D eigenvalue weighted by molar-refractivity contribution is 6.13. The largest absolute Gasteiger partial charge is 0.398 e. The Bertz CT molecular complexity index is 760. The van der Waals surface area contributed by atoms with Gasteiger partial charge in [-0.25, -0.2) is 0 Å². The standard InChI is InChI=1S/C16H21N7O2/c17-10-2-1-3-11(18)13(10)15(24)22-12-8-20-23-14(12)16(25)21-9-4-6-19-7-5-9/h1-3,8-9,19H,4-7,17-18H2,(H,20,23)(H,21,25)(H,22,24). The van der Waals surface area contributed by atoms with Crippen LogP contribution in [0.25, 0.3) is 0 Å². The topological polar surface area (TPSA) is 151 Å². The van der Waals surface area contributed by atoms with Gasteiger partial charge in [0, 0.05) is 17.4 Å². The summed E-state index contributed by atoms with van der Waals surface area (Å²) in [4.78, 5) is 24.9. The zero-order valence-electron chi connectivity index (χ0n) is 13.6. The fraction of sp³-hybridized carbons (Fsp3) is 0.312. The lowest BCUT2D eigenvalue weighted by Gasteiger charge is -2.23. The molecule has 0 bridgehead atoms. The molecule has 2 heterocycles. The van der Waals surface area contributed by atoms with E-state index in [1.165, 1.54) is 6.20 Å². The van der Waals surface area contributed by atoms with Crippen LogP contribution in [0.1, 0.15) is 33.7 Å². The van der Waals surface area contributed by atoms with Crippen molar-refractivity contribution in [2.45, 2.75) is 18.9 Å². The van der Waals surface area contributed by atoms with E-state index in [1.54, 1.807) is 18.2 Å². The Labute approximate surface area is 144 Å². The van der Waals surface area contributed by atoms with E-state index in [2.05, 4.69) is 26.1 Å². The van der Waals surface area contributed by atoms with Gasteiger partial charge in [0.25, 0.3) is 11.8 Å². The average molecular weight is 343 g/mol. The molecule has 2 aromatic rings. The molecule has 0 aliphatic carbocycles. The SMILES string of the molecule is Nc1cccc(N)c1C(=O)Nc1cn[nH]c1C(=O)NC1CCNCC1. The highest BCUT2D eigenvalue weighted by atomic mass is 16.2. The van der Waals surface area contributed by atoms with Crippen molar-refractivity contribution in [3.63, 3.8) is 0 Å². The Hall–Kier alpha value is -3.07. The van der Waals surface area contributed by atoms with E-state index < -0.39 is 5.91 Å². The van der Waals surface area contributed by atoms with Crippen LogP contribution in [0.2, 0.25) is 0 Å². The quantitative estimate of drug-likeness (QED) is 0.440. The Kier molecular flexibility index (Phi) is 4.85. The second-order valence-electron chi connectivity index (χ2n) is 5.92. The lowest BCUT2D eigenvalue weighted by Crippen LogP contribution is -2.43. The molecular weight excluding hydrogens is 322 g/mol. The summed E-state index contributed by atoms with van der Waals surface area (Å²) >= 11 is 0. The molecule has 1 saturated heterocycles. The number of aromatic nitrogens is 2. The number of nitrogens with zero attached hydrogens (tertiary/aromatic N) is 1. The van der Waals surface area contributed by atoms with Crippen molar-refractivity contribution in [1.82, 2.24) is 20.8 Å². The second-order valence-corrected chi connectivity index (χ2v) is 5.92. The number of benzene rings is 1. The minimum atomic E-state index is -0.493. The van der Waals surface area contributed by atoms with Crippen LogP contribution in [0.5, 0.6) is 0 Å². The molecule has 0 atom stereocenters. The molecule has 0 unspecified atom stereocenters. The third-order valence-corrected chi connectivity index (χ3v) is 4.14. The molecule has 9 nitrogen and oxygen atoms in total. The minimum Gasteiger partial charge on any atom is -0.398 e. The first-order chi connectivity index (χ1) is 12.1. The third-order valence-electron chi connectivity index (χ3n) is 4.14. The van der Waals surface area contributed by atoms with Crippen LogP contribution in [0.15, 0.2) is 24.4 Å². The molecule has 0 saturated carbocycles. The number of nitrogen functional groups attached to an aromatic ring is 2. The summed E-state index contributed by atoms with van der Waals surface area (Å²) in [5.41, 5.74) is 12.8. The van der Waals surface area contributed by atoms with Gasteiger partial charge in [-0.05, 0) is 38.1 Å². The number of nitrogens with two attached hydrogens (primary N) is 2. The van der Waals surface area contributed by atoms with Crippen molar-refractivity contribution in [3.8, 4) is 0 Å². The number of carbonyl (C=O) groups is 2. The molecule has 1 fully saturated rings. The Balaban J connectivity index is 1.73. The van der Waals surface area contributed by atoms with Crippen molar-refractivity contribution in [2.24, 2.45) is 0 Å². The first kappa shape index (κ1) is 16.8. The lowest BCUT2D eigenvalue weighted by atomic mass is 10.1. The number of piperidine rings is 1. The second kappa shape index (κ2) is 7.22. The summed E-state index contributed by atoms with van der Waals surface area (Å²) in [6.07, 6.45) is 3.10. The molecule has 132 valence electrons. The predicted molar refractivity (Wildman–Crippen MR) is 95.2 cm³/mol. The van der Waals surface area contributed by atoms with Crippen LogP contribution in [0.4, 0.5) is 17.1 Å². The smallest absolute Gasteiger partial charge is 0.271 e. The van der Waals surface area contributed by atoms with Gasteiger partial charge in [-0.1, -0.05) is 6.07 Å². The Morgan fingerprint density at radius 1 is 1.12 bits per heavy atom. The van der Waals surface area contributed by atoms with Gasteiger partial charge in [0.2, 0.25) is 0 Å². The molecule has 8 N–H and O–H groups in total. The number of carbonyl (C=O) groups excluding carboxylic acids is 2. The number of anilines is 3. The molecule has 1 aromatic carbocycles. The van der Waals surface area contributed by atoms with Gasteiger partial charge >= 0.3 is 0 Å². The van der Waals surface area contributed by atoms with Crippen LogP contribution in [0, 0.1) is 0 Å². The Morgan fingerprint density at radius 3 is 2.48 bits per heavy atom. The number of nitrogens with one attached hydrogen (secondary N) is 4. The fourth-order valence-corrected chi connectivity index (χ4v) is 2.81. The van der Waals surface area contributed by atoms with E-state index in [0.717, 1.165) is 25.9 Å². The summed E-state index contributed by atoms with van der Waals surface area (Å²) in [6, 6.07) is 4.94. The number of H-pyrrole nitrogens is 1. The minimum absolute atomic E-state index is 0.0982. The van der Waals surface area contributed by atoms with Gasteiger partial charge in [-0.3, -0.25) is 14.7 Å². The molecule has 1 aromatic heterocycles. The van der Waals surface area contributed by atoms with Gasteiger partial charge in [0.15, 0.2) is 0 Å². The Morgan fingerprint density at radius 2 is 1.80 bits per heavy atom. The molecule has 1 aliphatic heterocycles. The fourth-order valence-electron chi connectivity index (χ4n) is 2.81. The number of amides is 2. The zero-order chi connectivity index (χ0) is 17.8. The molecule has 1 aliphatic rings. The van der Waals surface area contributed by atoms with Crippen LogP contribution in [-0.4, -0.2) is 41.1 Å². The van der Waals surface area contributed by atoms with Crippen LogP contribution >= 0.6 is 0 Å². The summed E-state index contributed by atoms with van der Waals surface area (Å²) in [5.74, 6) is -0.804. The van der Waals surface area contributed by atoms with Crippen molar-refractivity contribution in [3.05, 3.63) is 35.7 Å². The molecule has 0 radical (unpaired) electrons. The first-order valence-electron chi connectivity index (χ1n) is 8.06. The highest BCUT2D eigenvalue weighted by Gasteiger charge is 2.22. The molecule has 0 spiro atoms. The molecule has 25 heavy (non-hydrogen) atoms. The average Bonchev–Trinajstić information content (AvgIpc) is 3.04. The molecular formula is C16H21N7O2. The lowest BCUT2D eigenvalue weighted by molar-refractivity contribution is 0.0925. The summed E-state index contributed by atoms with van der Waals surface area (Å²) < 4.78 is 0. The van der Waals surface area contributed by atoms with Crippen LogP contribution in [-0.2, 0) is 0 Å². The van der Waals surface area contributed by atoms with Crippen molar-refractivity contribution in [2.75, 3.05) is 29.9 Å². The summed E-state index contributed by atoms with van der Waals surface area (Å²) in [6.45, 7) is 1.73. The number of rotatable bonds is 4. The van der Waals surface area contributed by atoms with E-state index in [4.69, 9.17) is 11.5 Å². The maximum absolute atomic E-state index is 12.5. The number of aromatic amines is 1. The summed E-state index contributed by atoms with van der Waals surface area (Å²) in [5, 5.41) is 15.3. The van der Waals surface area contributed by atoms with Gasteiger partial charge in [-0.2, -0.15) is 5.10 Å². The normalized spacial score (nSPS) is 14.9. The van der Waals surface area contributed by atoms with Crippen LogP contribution < -0.4 is 27.4 Å². The highest BCUT2D eigenvalue weighted by Crippen LogP contribution is 2.21. The maximum atomic E-state index is 12.5. The summed E-state index contributed by atoms with van der Waals surface area (Å²) in [7, 11) is 0. The van der Waals surface area contributed by atoms with Gasteiger partial charge in [0.1, 0.15) is 5.69 Å². The van der Waals surface area contributed by atoms with E-state index >= 15 is 0 Å². The van der Waals surface area contributed by atoms with E-state index in [-0.39, 0.29) is 40.3 Å². The van der Waals surface area contributed by atoms with E-state index in [9.17, 15) is 9.59 Å². The van der Waals surface area contributed by atoms with Crippen molar-refractivity contribution in [1.29, 1.82) is 0 Å². The van der Waals surface area contributed by atoms with Crippen molar-refractivity contribution < 1.29 is 9.59 Å². The molecule has 3 rings (SSSR count). The zero-order valence-corrected chi connectivity index (χ0v) is 13.6. The van der Waals surface area contributed by atoms with Gasteiger partial charge in [0.05, 0.1) is 17.4 Å². The number of hydrogen-bond donors (Lipinski definition) is 6. The van der Waals surface area contributed by atoms with E-state index in [1.807, 2.05) is 0 Å². The number of hydrogen-bond acceptors (Lipinski definition) is 6. The molecule has 2 amide bonds. The molecule has 9 heteroatoms. The van der Waals surface area contributed by atoms with Gasteiger partial charge in [-0.15, -0.1) is 0 Å². The monoisotopic (exact) mass is 343 g/mol. The van der Waals surface area contributed by atoms with Gasteiger partial charge < -0.3 is 27.4 Å².